The van der Waals surface area contributed by atoms with E-state index in [2.05, 4.69) is 15.6 Å². The van der Waals surface area contributed by atoms with E-state index in [0.29, 0.717) is 18.6 Å². The van der Waals surface area contributed by atoms with E-state index in [4.69, 9.17) is 21.1 Å². The number of nitro benzene ring substituents is 1. The summed E-state index contributed by atoms with van der Waals surface area (Å²) >= 11 is 5.93. The Morgan fingerprint density at radius 3 is 2.85 bits per heavy atom. The molecule has 0 spiro atoms. The zero-order valence-electron chi connectivity index (χ0n) is 14.9. The second kappa shape index (κ2) is 8.99. The largest absolute Gasteiger partial charge is 0.493 e. The van der Waals surface area contributed by atoms with Crippen molar-refractivity contribution in [3.05, 3.63) is 49.4 Å². The number of nitro groups is 1. The molecular weight excluding hydrogens is 378 g/mol. The standard InChI is InChI=1S/C16H18ClN5O5/c1-4-5-27-15-12(22(24)25)6-10(7-13(15)26-3)8-18-20-11-9-19-21(2)16(23)14(11)17/h6-9,20H,4-5H2,1-3H3/b18-8-. The van der Waals surface area contributed by atoms with Gasteiger partial charge in [0, 0.05) is 18.7 Å². The molecule has 27 heavy (non-hydrogen) atoms. The van der Waals surface area contributed by atoms with Crippen LogP contribution in [0.25, 0.3) is 0 Å². The van der Waals surface area contributed by atoms with Crippen molar-refractivity contribution in [1.29, 1.82) is 0 Å². The molecule has 0 bridgehead atoms. The van der Waals surface area contributed by atoms with Gasteiger partial charge < -0.3 is 9.47 Å². The fourth-order valence-corrected chi connectivity index (χ4v) is 2.30. The highest BCUT2D eigenvalue weighted by atomic mass is 35.5. The Hall–Kier alpha value is -3.14. The molecule has 2 aromatic rings. The summed E-state index contributed by atoms with van der Waals surface area (Å²) < 4.78 is 11.7. The molecule has 0 aliphatic carbocycles. The lowest BCUT2D eigenvalue weighted by atomic mass is 10.2. The molecule has 0 fully saturated rings. The van der Waals surface area contributed by atoms with Crippen LogP contribution in [0.2, 0.25) is 5.02 Å². The molecule has 0 amide bonds. The van der Waals surface area contributed by atoms with Gasteiger partial charge in [0.15, 0.2) is 5.75 Å². The first-order valence-electron chi connectivity index (χ1n) is 7.89. The van der Waals surface area contributed by atoms with Gasteiger partial charge in [0.25, 0.3) is 5.56 Å². The molecule has 1 N–H and O–H groups in total. The van der Waals surface area contributed by atoms with Gasteiger partial charge in [-0.3, -0.25) is 20.3 Å². The Balaban J connectivity index is 2.32. The van der Waals surface area contributed by atoms with Gasteiger partial charge in [0.05, 0.1) is 31.1 Å². The fourth-order valence-electron chi connectivity index (χ4n) is 2.08. The molecule has 0 saturated heterocycles. The van der Waals surface area contributed by atoms with Gasteiger partial charge in [-0.2, -0.15) is 10.2 Å². The maximum Gasteiger partial charge on any atom is 0.315 e. The van der Waals surface area contributed by atoms with E-state index >= 15 is 0 Å². The van der Waals surface area contributed by atoms with Crippen LogP contribution in [0, 0.1) is 10.1 Å². The SMILES string of the molecule is CCCOc1c(OC)cc(/C=N\Nc2cnn(C)c(=O)c2Cl)cc1[N+](=O)[O-]. The number of ether oxygens (including phenoxy) is 2. The zero-order chi connectivity index (χ0) is 20.0. The number of benzene rings is 1. The van der Waals surface area contributed by atoms with Crippen molar-refractivity contribution in [3.63, 3.8) is 0 Å². The van der Waals surface area contributed by atoms with Crippen LogP contribution in [-0.2, 0) is 7.05 Å². The maximum atomic E-state index is 11.7. The lowest BCUT2D eigenvalue weighted by molar-refractivity contribution is -0.386. The quantitative estimate of drug-likeness (QED) is 0.414. The zero-order valence-corrected chi connectivity index (χ0v) is 15.7. The molecule has 0 radical (unpaired) electrons. The van der Waals surface area contributed by atoms with E-state index < -0.39 is 10.5 Å². The van der Waals surface area contributed by atoms with Crippen molar-refractivity contribution >= 4 is 29.2 Å². The monoisotopic (exact) mass is 395 g/mol. The van der Waals surface area contributed by atoms with Crippen LogP contribution < -0.4 is 20.5 Å². The summed E-state index contributed by atoms with van der Waals surface area (Å²) in [6, 6.07) is 2.86. The van der Waals surface area contributed by atoms with E-state index in [1.807, 2.05) is 6.92 Å². The molecule has 144 valence electrons. The Morgan fingerprint density at radius 2 is 2.22 bits per heavy atom. The summed E-state index contributed by atoms with van der Waals surface area (Å²) in [6.07, 6.45) is 3.36. The van der Waals surface area contributed by atoms with Crippen LogP contribution in [0.3, 0.4) is 0 Å². The average Bonchev–Trinajstić information content (AvgIpc) is 2.66. The Labute approximate surface area is 159 Å². The Morgan fingerprint density at radius 1 is 1.48 bits per heavy atom. The topological polar surface area (TPSA) is 121 Å². The summed E-state index contributed by atoms with van der Waals surface area (Å²) in [6.45, 7) is 2.21. The summed E-state index contributed by atoms with van der Waals surface area (Å²) in [7, 11) is 2.86. The molecule has 1 heterocycles. The van der Waals surface area contributed by atoms with E-state index in [-0.39, 0.29) is 27.9 Å². The van der Waals surface area contributed by atoms with Gasteiger partial charge >= 0.3 is 5.69 Å². The molecule has 0 aliphatic heterocycles. The van der Waals surface area contributed by atoms with Gasteiger partial charge in [-0.15, -0.1) is 0 Å². The van der Waals surface area contributed by atoms with Crippen LogP contribution in [-0.4, -0.2) is 34.6 Å². The minimum atomic E-state index is -0.556. The van der Waals surface area contributed by atoms with Gasteiger partial charge in [0.1, 0.15) is 10.7 Å². The van der Waals surface area contributed by atoms with Gasteiger partial charge in [0.2, 0.25) is 5.75 Å². The second-order valence-electron chi connectivity index (χ2n) is 5.35. The molecule has 1 aromatic heterocycles. The number of anilines is 1. The lowest BCUT2D eigenvalue weighted by Gasteiger charge is -2.11. The average molecular weight is 396 g/mol. The first kappa shape index (κ1) is 20.2. The highest BCUT2D eigenvalue weighted by Crippen LogP contribution is 2.38. The molecule has 2 rings (SSSR count). The number of nitrogens with zero attached hydrogens (tertiary/aromatic N) is 4. The number of aryl methyl sites for hydroxylation is 1. The molecule has 1 aromatic carbocycles. The number of hydrazone groups is 1. The second-order valence-corrected chi connectivity index (χ2v) is 5.73. The van der Waals surface area contributed by atoms with Crippen LogP contribution in [0.15, 0.2) is 28.2 Å². The minimum absolute atomic E-state index is 0.0632. The Kier molecular flexibility index (Phi) is 6.72. The number of halogens is 1. The number of methoxy groups -OCH3 is 1. The lowest BCUT2D eigenvalue weighted by Crippen LogP contribution is -2.20. The molecule has 0 saturated carbocycles. The number of hydrogen-bond acceptors (Lipinski definition) is 8. The summed E-state index contributed by atoms with van der Waals surface area (Å²) in [5, 5.41) is 19.1. The number of hydrogen-bond donors (Lipinski definition) is 1. The first-order chi connectivity index (χ1) is 12.9. The van der Waals surface area contributed by atoms with Crippen molar-refractivity contribution in [2.75, 3.05) is 19.1 Å². The third kappa shape index (κ3) is 4.73. The van der Waals surface area contributed by atoms with E-state index in [1.165, 1.54) is 32.6 Å². The van der Waals surface area contributed by atoms with Gasteiger partial charge in [-0.25, -0.2) is 4.68 Å². The van der Waals surface area contributed by atoms with Crippen LogP contribution >= 0.6 is 11.6 Å². The maximum absolute atomic E-state index is 11.7. The Bertz CT molecular complexity index is 928. The van der Waals surface area contributed by atoms with Crippen molar-refractivity contribution in [1.82, 2.24) is 9.78 Å². The molecule has 0 aliphatic rings. The smallest absolute Gasteiger partial charge is 0.315 e. The highest BCUT2D eigenvalue weighted by molar-refractivity contribution is 6.32. The molecule has 11 heteroatoms. The normalized spacial score (nSPS) is 10.8. The van der Waals surface area contributed by atoms with Gasteiger partial charge in [-0.1, -0.05) is 18.5 Å². The van der Waals surface area contributed by atoms with E-state index in [9.17, 15) is 14.9 Å². The van der Waals surface area contributed by atoms with Gasteiger partial charge in [-0.05, 0) is 12.5 Å². The number of nitrogens with one attached hydrogen (secondary N) is 1. The third-order valence-corrected chi connectivity index (χ3v) is 3.77. The summed E-state index contributed by atoms with van der Waals surface area (Å²) in [4.78, 5) is 22.5. The molecule has 0 atom stereocenters. The van der Waals surface area contributed by atoms with Crippen LogP contribution in [0.1, 0.15) is 18.9 Å². The summed E-state index contributed by atoms with van der Waals surface area (Å²) in [5.41, 5.74) is 2.47. The van der Waals surface area contributed by atoms with Crippen LogP contribution in [0.4, 0.5) is 11.4 Å². The van der Waals surface area contributed by atoms with E-state index in [0.717, 1.165) is 4.68 Å². The van der Waals surface area contributed by atoms with E-state index in [1.54, 1.807) is 6.07 Å². The van der Waals surface area contributed by atoms with Crippen molar-refractivity contribution in [3.8, 4) is 11.5 Å². The molecule has 0 unspecified atom stereocenters. The van der Waals surface area contributed by atoms with Crippen LogP contribution in [0.5, 0.6) is 11.5 Å². The molecule has 10 nitrogen and oxygen atoms in total. The minimum Gasteiger partial charge on any atom is -0.493 e. The van der Waals surface area contributed by atoms with Crippen molar-refractivity contribution < 1.29 is 14.4 Å². The third-order valence-electron chi connectivity index (χ3n) is 3.40. The molecular formula is C16H18ClN5O5. The highest BCUT2D eigenvalue weighted by Gasteiger charge is 2.21. The number of rotatable bonds is 8. The number of aromatic nitrogens is 2. The summed E-state index contributed by atoms with van der Waals surface area (Å²) in [5.74, 6) is 0.278. The van der Waals surface area contributed by atoms with Crippen molar-refractivity contribution in [2.45, 2.75) is 13.3 Å². The van der Waals surface area contributed by atoms with Crippen molar-refractivity contribution in [2.24, 2.45) is 12.1 Å². The first-order valence-corrected chi connectivity index (χ1v) is 8.26. The fraction of sp³-hybridized carbons (Fsp3) is 0.312. The predicted octanol–water partition coefficient (Wildman–Crippen LogP) is 2.59. The predicted molar refractivity (Wildman–Crippen MR) is 101 cm³/mol.